The van der Waals surface area contributed by atoms with Crippen LogP contribution in [0.2, 0.25) is 0 Å². The number of halogens is 1. The van der Waals surface area contributed by atoms with Crippen molar-refractivity contribution in [3.8, 4) is 0 Å². The van der Waals surface area contributed by atoms with Gasteiger partial charge < -0.3 is 9.40 Å². The molecule has 142 valence electrons. The summed E-state index contributed by atoms with van der Waals surface area (Å²) in [7, 11) is 0. The number of rotatable bonds is 4. The summed E-state index contributed by atoms with van der Waals surface area (Å²) in [6, 6.07) is 14.6. The van der Waals surface area contributed by atoms with Crippen molar-refractivity contribution >= 4 is 22.1 Å². The van der Waals surface area contributed by atoms with Gasteiger partial charge in [-0.3, -0.25) is 9.69 Å². The molecule has 1 atom stereocenters. The second-order valence-corrected chi connectivity index (χ2v) is 7.39. The van der Waals surface area contributed by atoms with Crippen molar-refractivity contribution in [2.45, 2.75) is 31.8 Å². The molecule has 1 N–H and O–H groups in total. The van der Waals surface area contributed by atoms with Crippen LogP contribution in [0.15, 0.2) is 57.7 Å². The number of nitrogens with one attached hydrogen (secondary N) is 1. The molecule has 1 fully saturated rings. The molecule has 1 saturated heterocycles. The lowest BCUT2D eigenvalue weighted by Gasteiger charge is -2.24. The molecule has 1 aliphatic rings. The minimum Gasteiger partial charge on any atom is -0.449 e. The second kappa shape index (κ2) is 6.87. The third-order valence-electron chi connectivity index (χ3n) is 5.49. The van der Waals surface area contributed by atoms with Gasteiger partial charge in [-0.05, 0) is 55.6 Å². The molecule has 0 amide bonds. The van der Waals surface area contributed by atoms with E-state index in [1.165, 1.54) is 6.07 Å². The Morgan fingerprint density at radius 1 is 1.21 bits per heavy atom. The van der Waals surface area contributed by atoms with Crippen LogP contribution in [0.1, 0.15) is 24.2 Å². The molecule has 0 spiro atoms. The van der Waals surface area contributed by atoms with Crippen LogP contribution in [0, 0.1) is 5.82 Å². The lowest BCUT2D eigenvalue weighted by atomic mass is 10.0. The highest BCUT2D eigenvalue weighted by molar-refractivity contribution is 6.01. The molecule has 2 aromatic heterocycles. The largest absolute Gasteiger partial charge is 0.449 e. The molecule has 2 aromatic carbocycles. The van der Waals surface area contributed by atoms with Gasteiger partial charge in [-0.2, -0.15) is 0 Å². The van der Waals surface area contributed by atoms with Gasteiger partial charge in [0.1, 0.15) is 22.7 Å². The van der Waals surface area contributed by atoms with Gasteiger partial charge in [0, 0.05) is 11.4 Å². The molecular formula is C22H20FN3O2. The Bertz CT molecular complexity index is 1210. The summed E-state index contributed by atoms with van der Waals surface area (Å²) < 4.78 is 19.2. The van der Waals surface area contributed by atoms with Crippen molar-refractivity contribution in [2.24, 2.45) is 0 Å². The molecule has 1 unspecified atom stereocenters. The van der Waals surface area contributed by atoms with Crippen molar-refractivity contribution in [2.75, 3.05) is 6.54 Å². The van der Waals surface area contributed by atoms with E-state index in [2.05, 4.69) is 9.88 Å². The van der Waals surface area contributed by atoms with E-state index in [1.54, 1.807) is 12.1 Å². The van der Waals surface area contributed by atoms with Crippen molar-refractivity contribution in [1.29, 1.82) is 0 Å². The van der Waals surface area contributed by atoms with Gasteiger partial charge in [0.05, 0.1) is 6.54 Å². The Kier molecular flexibility index (Phi) is 4.20. The molecule has 5 nitrogen and oxygen atoms in total. The predicted molar refractivity (Wildman–Crippen MR) is 106 cm³/mol. The molecule has 0 saturated carbocycles. The minimum atomic E-state index is -0.253. The van der Waals surface area contributed by atoms with Crippen molar-refractivity contribution < 1.29 is 8.81 Å². The summed E-state index contributed by atoms with van der Waals surface area (Å²) in [4.78, 5) is 22.4. The van der Waals surface area contributed by atoms with E-state index in [9.17, 15) is 9.18 Å². The molecule has 3 heterocycles. The quantitative estimate of drug-likeness (QED) is 0.584. The van der Waals surface area contributed by atoms with E-state index in [0.717, 1.165) is 36.8 Å². The third kappa shape index (κ3) is 3.10. The van der Waals surface area contributed by atoms with Crippen LogP contribution < -0.4 is 5.56 Å². The summed E-state index contributed by atoms with van der Waals surface area (Å²) in [5, 5.41) is 0.850. The molecule has 4 aromatic rings. The smallest absolute Gasteiger partial charge is 0.294 e. The number of aromatic nitrogens is 2. The Labute approximate surface area is 160 Å². The summed E-state index contributed by atoms with van der Waals surface area (Å²) >= 11 is 0. The van der Waals surface area contributed by atoms with Gasteiger partial charge in [-0.1, -0.05) is 24.3 Å². The fraction of sp³-hybridized carbons (Fsp3) is 0.273. The first-order chi connectivity index (χ1) is 13.7. The van der Waals surface area contributed by atoms with Crippen molar-refractivity contribution in [3.05, 3.63) is 76.1 Å². The van der Waals surface area contributed by atoms with Crippen LogP contribution in [0.25, 0.3) is 22.1 Å². The van der Waals surface area contributed by atoms with E-state index in [4.69, 9.17) is 9.40 Å². The Morgan fingerprint density at radius 3 is 3.00 bits per heavy atom. The van der Waals surface area contributed by atoms with E-state index < -0.39 is 0 Å². The van der Waals surface area contributed by atoms with E-state index in [1.807, 2.05) is 30.3 Å². The van der Waals surface area contributed by atoms with Gasteiger partial charge in [-0.25, -0.2) is 9.37 Å². The number of hydrogen-bond donors (Lipinski definition) is 1. The summed E-state index contributed by atoms with van der Waals surface area (Å²) in [6.45, 7) is 1.50. The highest BCUT2D eigenvalue weighted by atomic mass is 19.1. The van der Waals surface area contributed by atoms with Crippen LogP contribution in [-0.4, -0.2) is 27.5 Å². The second-order valence-electron chi connectivity index (χ2n) is 7.39. The number of aromatic amines is 1. The molecule has 6 heteroatoms. The normalized spacial score (nSPS) is 17.7. The maximum atomic E-state index is 13.5. The first-order valence-electron chi connectivity index (χ1n) is 9.56. The van der Waals surface area contributed by atoms with Gasteiger partial charge in [-0.15, -0.1) is 0 Å². The zero-order valence-corrected chi connectivity index (χ0v) is 15.3. The van der Waals surface area contributed by atoms with Crippen LogP contribution >= 0.6 is 0 Å². The Hall–Kier alpha value is -2.99. The van der Waals surface area contributed by atoms with Crippen LogP contribution in [0.5, 0.6) is 0 Å². The van der Waals surface area contributed by atoms with Gasteiger partial charge in [0.2, 0.25) is 5.58 Å². The lowest BCUT2D eigenvalue weighted by Crippen LogP contribution is -2.32. The number of furan rings is 1. The zero-order valence-electron chi connectivity index (χ0n) is 15.3. The number of hydrogen-bond acceptors (Lipinski definition) is 4. The number of H-pyrrole nitrogens is 1. The van der Waals surface area contributed by atoms with Gasteiger partial charge in [0.25, 0.3) is 5.56 Å². The summed E-state index contributed by atoms with van der Waals surface area (Å²) in [5.74, 6) is 0.431. The maximum absolute atomic E-state index is 13.5. The topological polar surface area (TPSA) is 62.1 Å². The monoisotopic (exact) mass is 377 g/mol. The van der Waals surface area contributed by atoms with E-state index in [-0.39, 0.29) is 17.0 Å². The molecule has 5 rings (SSSR count). The van der Waals surface area contributed by atoms with Crippen molar-refractivity contribution in [1.82, 2.24) is 14.9 Å². The number of fused-ring (bicyclic) bond motifs is 3. The molecule has 28 heavy (non-hydrogen) atoms. The molecule has 1 aliphatic heterocycles. The lowest BCUT2D eigenvalue weighted by molar-refractivity contribution is 0.238. The van der Waals surface area contributed by atoms with Gasteiger partial charge >= 0.3 is 0 Å². The third-order valence-corrected chi connectivity index (χ3v) is 5.49. The molecular weight excluding hydrogens is 357 g/mol. The van der Waals surface area contributed by atoms with Crippen LogP contribution in [0.3, 0.4) is 0 Å². The first-order valence-corrected chi connectivity index (χ1v) is 9.56. The predicted octanol–water partition coefficient (Wildman–Crippen LogP) is 4.02. The van der Waals surface area contributed by atoms with E-state index in [0.29, 0.717) is 29.5 Å². The van der Waals surface area contributed by atoms with Gasteiger partial charge in [0.15, 0.2) is 0 Å². The zero-order chi connectivity index (χ0) is 19.1. The fourth-order valence-electron chi connectivity index (χ4n) is 4.19. The Balaban J connectivity index is 1.44. The maximum Gasteiger partial charge on any atom is 0.294 e. The first kappa shape index (κ1) is 17.1. The molecule has 0 bridgehead atoms. The summed E-state index contributed by atoms with van der Waals surface area (Å²) in [6.07, 6.45) is 2.93. The fourth-order valence-corrected chi connectivity index (χ4v) is 4.19. The highest BCUT2D eigenvalue weighted by Crippen LogP contribution is 2.26. The Morgan fingerprint density at radius 2 is 2.11 bits per heavy atom. The van der Waals surface area contributed by atoms with Crippen molar-refractivity contribution in [3.63, 3.8) is 0 Å². The number of benzene rings is 2. The SMILES string of the molecule is O=c1[nH]c(CN2CCCC2Cc2cccc(F)c2)nc2c1oc1ccccc12. The summed E-state index contributed by atoms with van der Waals surface area (Å²) in [5.41, 5.74) is 2.28. The molecule has 0 radical (unpaired) electrons. The van der Waals surface area contributed by atoms with Crippen LogP contribution in [-0.2, 0) is 13.0 Å². The number of likely N-dealkylation sites (tertiary alicyclic amines) is 1. The van der Waals surface area contributed by atoms with Crippen LogP contribution in [0.4, 0.5) is 4.39 Å². The average molecular weight is 377 g/mol. The molecule has 0 aliphatic carbocycles. The number of para-hydroxylation sites is 1. The standard InChI is InChI=1S/C22H20FN3O2/c23-15-6-3-5-14(11-15)12-16-7-4-10-26(16)13-19-24-20-17-8-1-2-9-18(17)28-21(20)22(27)25-19/h1-3,5-6,8-9,11,16H,4,7,10,12-13H2,(H,24,25,27). The van der Waals surface area contributed by atoms with E-state index >= 15 is 0 Å². The highest BCUT2D eigenvalue weighted by Gasteiger charge is 2.26. The average Bonchev–Trinajstić information content (AvgIpc) is 3.27. The number of nitrogens with zero attached hydrogens (tertiary/aromatic N) is 2. The minimum absolute atomic E-state index is 0.203.